The summed E-state index contributed by atoms with van der Waals surface area (Å²) in [5.41, 5.74) is 4.35. The van der Waals surface area contributed by atoms with Crippen molar-refractivity contribution in [2.45, 2.75) is 13.8 Å². The number of benzene rings is 2. The molecule has 0 aliphatic rings. The fourth-order valence-corrected chi connectivity index (χ4v) is 2.42. The Labute approximate surface area is 145 Å². The van der Waals surface area contributed by atoms with Crippen LogP contribution < -0.4 is 10.6 Å². The molecule has 1 amide bonds. The maximum absolute atomic E-state index is 13.7. The second kappa shape index (κ2) is 7.13. The molecule has 0 spiro atoms. The van der Waals surface area contributed by atoms with Gasteiger partial charge in [0.2, 0.25) is 0 Å². The Hall–Kier alpha value is -3.21. The van der Waals surface area contributed by atoms with Gasteiger partial charge in [0.25, 0.3) is 5.91 Å². The Bertz CT molecular complexity index is 924. The van der Waals surface area contributed by atoms with E-state index in [1.807, 2.05) is 32.0 Å². The fourth-order valence-electron chi connectivity index (χ4n) is 2.42. The number of aromatic nitrogens is 1. The summed E-state index contributed by atoms with van der Waals surface area (Å²) in [6, 6.07) is 13.8. The van der Waals surface area contributed by atoms with Crippen molar-refractivity contribution in [3.8, 4) is 0 Å². The highest BCUT2D eigenvalue weighted by Gasteiger charge is 2.10. The predicted octanol–water partition coefficient (Wildman–Crippen LogP) is 4.83. The Morgan fingerprint density at radius 1 is 1.00 bits per heavy atom. The molecule has 3 aromatic rings. The Morgan fingerprint density at radius 3 is 2.60 bits per heavy atom. The lowest BCUT2D eigenvalue weighted by atomic mass is 10.1. The lowest BCUT2D eigenvalue weighted by Crippen LogP contribution is -2.13. The van der Waals surface area contributed by atoms with Crippen molar-refractivity contribution in [1.82, 2.24) is 4.98 Å². The zero-order valence-corrected chi connectivity index (χ0v) is 14.0. The number of anilines is 3. The molecule has 3 rings (SSSR count). The molecule has 2 N–H and O–H groups in total. The molecule has 0 saturated heterocycles. The van der Waals surface area contributed by atoms with Crippen molar-refractivity contribution in [2.24, 2.45) is 0 Å². The normalized spacial score (nSPS) is 10.4. The molecule has 0 radical (unpaired) electrons. The predicted molar refractivity (Wildman–Crippen MR) is 97.8 cm³/mol. The molecule has 0 atom stereocenters. The molecule has 4 nitrogen and oxygen atoms in total. The van der Waals surface area contributed by atoms with Gasteiger partial charge in [-0.2, -0.15) is 0 Å². The molecule has 0 aliphatic carbocycles. The van der Waals surface area contributed by atoms with E-state index in [2.05, 4.69) is 15.6 Å². The number of hydrogen-bond acceptors (Lipinski definition) is 3. The second-order valence-electron chi connectivity index (χ2n) is 5.84. The van der Waals surface area contributed by atoms with Gasteiger partial charge >= 0.3 is 0 Å². The number of nitrogens with zero attached hydrogens (tertiary/aromatic N) is 1. The monoisotopic (exact) mass is 335 g/mol. The number of carbonyl (C=O) groups excluding carboxylic acids is 1. The number of rotatable bonds is 4. The lowest BCUT2D eigenvalue weighted by Gasteiger charge is -2.11. The van der Waals surface area contributed by atoms with Crippen LogP contribution in [0.25, 0.3) is 0 Å². The van der Waals surface area contributed by atoms with Crippen LogP contribution in [0.15, 0.2) is 60.9 Å². The van der Waals surface area contributed by atoms with E-state index in [1.54, 1.807) is 24.4 Å². The van der Waals surface area contributed by atoms with Gasteiger partial charge in [0.1, 0.15) is 5.82 Å². The summed E-state index contributed by atoms with van der Waals surface area (Å²) in [4.78, 5) is 16.4. The standard InChI is InChI=1S/C20H18FN3O/c1-13-7-8-14(2)19(9-13)23-16-10-15(11-22-12-16)20(25)24-18-6-4-3-5-17(18)21/h3-12,23H,1-2H3,(H,24,25). The van der Waals surface area contributed by atoms with Crippen molar-refractivity contribution in [3.63, 3.8) is 0 Å². The summed E-state index contributed by atoms with van der Waals surface area (Å²) < 4.78 is 13.7. The number of carbonyl (C=O) groups is 1. The topological polar surface area (TPSA) is 54.0 Å². The molecule has 0 aliphatic heterocycles. The number of nitrogens with one attached hydrogen (secondary N) is 2. The molecule has 2 aromatic carbocycles. The summed E-state index contributed by atoms with van der Waals surface area (Å²) in [5.74, 6) is -0.893. The molecule has 5 heteroatoms. The first-order valence-electron chi connectivity index (χ1n) is 7.88. The first-order valence-corrected chi connectivity index (χ1v) is 7.88. The number of pyridine rings is 1. The maximum atomic E-state index is 13.7. The number of amides is 1. The average molecular weight is 335 g/mol. The van der Waals surface area contributed by atoms with Crippen LogP contribution in [0.2, 0.25) is 0 Å². The number of aryl methyl sites for hydroxylation is 2. The Kier molecular flexibility index (Phi) is 4.75. The highest BCUT2D eigenvalue weighted by Crippen LogP contribution is 2.22. The van der Waals surface area contributed by atoms with Crippen molar-refractivity contribution >= 4 is 23.0 Å². The Morgan fingerprint density at radius 2 is 1.80 bits per heavy atom. The molecule has 126 valence electrons. The van der Waals surface area contributed by atoms with E-state index in [0.717, 1.165) is 16.8 Å². The van der Waals surface area contributed by atoms with Crippen molar-refractivity contribution in [1.29, 1.82) is 0 Å². The molecule has 0 unspecified atom stereocenters. The highest BCUT2D eigenvalue weighted by atomic mass is 19.1. The van der Waals surface area contributed by atoms with Crippen LogP contribution in [0, 0.1) is 19.7 Å². The third kappa shape index (κ3) is 4.01. The van der Waals surface area contributed by atoms with Crippen LogP contribution in [-0.4, -0.2) is 10.9 Å². The van der Waals surface area contributed by atoms with E-state index in [4.69, 9.17) is 0 Å². The van der Waals surface area contributed by atoms with Crippen LogP contribution in [0.3, 0.4) is 0 Å². The first-order chi connectivity index (χ1) is 12.0. The van der Waals surface area contributed by atoms with E-state index < -0.39 is 11.7 Å². The van der Waals surface area contributed by atoms with Gasteiger partial charge in [-0.3, -0.25) is 9.78 Å². The van der Waals surface area contributed by atoms with E-state index in [-0.39, 0.29) is 5.69 Å². The molecule has 1 heterocycles. The second-order valence-corrected chi connectivity index (χ2v) is 5.84. The average Bonchev–Trinajstić information content (AvgIpc) is 2.60. The van der Waals surface area contributed by atoms with E-state index >= 15 is 0 Å². The molecule has 25 heavy (non-hydrogen) atoms. The third-order valence-corrected chi connectivity index (χ3v) is 3.79. The quantitative estimate of drug-likeness (QED) is 0.718. The van der Waals surface area contributed by atoms with E-state index in [9.17, 15) is 9.18 Å². The van der Waals surface area contributed by atoms with Gasteiger partial charge < -0.3 is 10.6 Å². The van der Waals surface area contributed by atoms with Gasteiger partial charge in [-0.05, 0) is 49.2 Å². The van der Waals surface area contributed by atoms with Gasteiger partial charge in [0, 0.05) is 11.9 Å². The van der Waals surface area contributed by atoms with Gasteiger partial charge in [-0.1, -0.05) is 24.3 Å². The van der Waals surface area contributed by atoms with Crippen LogP contribution in [0.5, 0.6) is 0 Å². The van der Waals surface area contributed by atoms with Crippen LogP contribution in [0.4, 0.5) is 21.5 Å². The zero-order valence-electron chi connectivity index (χ0n) is 14.0. The first kappa shape index (κ1) is 16.6. The molecule has 0 fully saturated rings. The number of para-hydroxylation sites is 1. The summed E-state index contributed by atoms with van der Waals surface area (Å²) in [6.45, 7) is 4.02. The van der Waals surface area contributed by atoms with Crippen LogP contribution >= 0.6 is 0 Å². The highest BCUT2D eigenvalue weighted by molar-refractivity contribution is 6.04. The van der Waals surface area contributed by atoms with Crippen molar-refractivity contribution in [2.75, 3.05) is 10.6 Å². The summed E-state index contributed by atoms with van der Waals surface area (Å²) in [7, 11) is 0. The fraction of sp³-hybridized carbons (Fsp3) is 0.100. The summed E-state index contributed by atoms with van der Waals surface area (Å²) >= 11 is 0. The molecular weight excluding hydrogens is 317 g/mol. The Balaban J connectivity index is 1.80. The zero-order chi connectivity index (χ0) is 17.8. The van der Waals surface area contributed by atoms with E-state index in [0.29, 0.717) is 11.3 Å². The smallest absolute Gasteiger partial charge is 0.257 e. The molecule has 1 aromatic heterocycles. The minimum absolute atomic E-state index is 0.139. The molecule has 0 bridgehead atoms. The summed E-state index contributed by atoms with van der Waals surface area (Å²) in [6.07, 6.45) is 3.09. The van der Waals surface area contributed by atoms with Gasteiger partial charge in [0.05, 0.1) is 23.1 Å². The summed E-state index contributed by atoms with van der Waals surface area (Å²) in [5, 5.41) is 5.82. The third-order valence-electron chi connectivity index (χ3n) is 3.79. The van der Waals surface area contributed by atoms with Crippen LogP contribution in [0.1, 0.15) is 21.5 Å². The minimum Gasteiger partial charge on any atom is -0.354 e. The SMILES string of the molecule is Cc1ccc(C)c(Nc2cncc(C(=O)Nc3ccccc3F)c2)c1. The molecule has 0 saturated carbocycles. The number of halogens is 1. The van der Waals surface area contributed by atoms with Gasteiger partial charge in [-0.25, -0.2) is 4.39 Å². The van der Waals surface area contributed by atoms with Gasteiger partial charge in [0.15, 0.2) is 0 Å². The van der Waals surface area contributed by atoms with Crippen LogP contribution in [-0.2, 0) is 0 Å². The van der Waals surface area contributed by atoms with Crippen molar-refractivity contribution < 1.29 is 9.18 Å². The number of hydrogen-bond donors (Lipinski definition) is 2. The molecular formula is C20H18FN3O. The largest absolute Gasteiger partial charge is 0.354 e. The van der Waals surface area contributed by atoms with Gasteiger partial charge in [-0.15, -0.1) is 0 Å². The van der Waals surface area contributed by atoms with E-state index in [1.165, 1.54) is 18.3 Å². The lowest BCUT2D eigenvalue weighted by molar-refractivity contribution is 0.102. The maximum Gasteiger partial charge on any atom is 0.257 e. The minimum atomic E-state index is -0.478. The van der Waals surface area contributed by atoms with Crippen molar-refractivity contribution in [3.05, 3.63) is 83.4 Å².